The number of carboxylic acid groups (broad SMARTS) is 1. The maximum absolute atomic E-state index is 10.8. The van der Waals surface area contributed by atoms with E-state index in [1.54, 1.807) is 0 Å². The molecule has 0 unspecified atom stereocenters. The van der Waals surface area contributed by atoms with Crippen LogP contribution in [-0.2, 0) is 11.3 Å². The van der Waals surface area contributed by atoms with Gasteiger partial charge in [-0.2, -0.15) is 0 Å². The lowest BCUT2D eigenvalue weighted by Crippen LogP contribution is -2.30. The average molecular weight is 235 g/mol. The molecule has 0 saturated heterocycles. The van der Waals surface area contributed by atoms with Gasteiger partial charge in [-0.3, -0.25) is 9.69 Å². The summed E-state index contributed by atoms with van der Waals surface area (Å²) in [4.78, 5) is 12.8. The third-order valence-electron chi connectivity index (χ3n) is 2.69. The number of unbranched alkanes of at least 4 members (excludes halogenated alkanes) is 2. The third kappa shape index (κ3) is 6.07. The van der Waals surface area contributed by atoms with Crippen molar-refractivity contribution in [3.8, 4) is 0 Å². The molecular weight excluding hydrogens is 214 g/mol. The van der Waals surface area contributed by atoms with Crippen molar-refractivity contribution in [2.45, 2.75) is 32.7 Å². The fraction of sp³-hybridized carbons (Fsp3) is 0.500. The van der Waals surface area contributed by atoms with Crippen molar-refractivity contribution >= 4 is 5.97 Å². The summed E-state index contributed by atoms with van der Waals surface area (Å²) >= 11 is 0. The van der Waals surface area contributed by atoms with Crippen LogP contribution in [0, 0.1) is 0 Å². The van der Waals surface area contributed by atoms with Crippen LogP contribution in [0.3, 0.4) is 0 Å². The van der Waals surface area contributed by atoms with E-state index in [0.717, 1.165) is 32.4 Å². The van der Waals surface area contributed by atoms with Crippen LogP contribution in [0.15, 0.2) is 30.3 Å². The van der Waals surface area contributed by atoms with Crippen molar-refractivity contribution in [3.63, 3.8) is 0 Å². The van der Waals surface area contributed by atoms with Crippen LogP contribution in [0.25, 0.3) is 0 Å². The van der Waals surface area contributed by atoms with E-state index in [-0.39, 0.29) is 6.54 Å². The van der Waals surface area contributed by atoms with Gasteiger partial charge >= 0.3 is 5.97 Å². The zero-order valence-corrected chi connectivity index (χ0v) is 10.4. The highest BCUT2D eigenvalue weighted by Gasteiger charge is 2.09. The summed E-state index contributed by atoms with van der Waals surface area (Å²) in [6.07, 6.45) is 3.38. The van der Waals surface area contributed by atoms with E-state index in [0.29, 0.717) is 0 Å². The van der Waals surface area contributed by atoms with Crippen LogP contribution in [0.4, 0.5) is 0 Å². The Bertz CT molecular complexity index is 324. The quantitative estimate of drug-likeness (QED) is 0.704. The second kappa shape index (κ2) is 7.85. The van der Waals surface area contributed by atoms with E-state index < -0.39 is 5.97 Å². The molecule has 0 amide bonds. The van der Waals surface area contributed by atoms with Crippen LogP contribution in [0.5, 0.6) is 0 Å². The number of aliphatic carboxylic acids is 1. The van der Waals surface area contributed by atoms with Crippen molar-refractivity contribution in [1.82, 2.24) is 4.90 Å². The molecule has 17 heavy (non-hydrogen) atoms. The Hall–Kier alpha value is -1.35. The molecule has 0 heterocycles. The number of benzene rings is 1. The topological polar surface area (TPSA) is 40.5 Å². The summed E-state index contributed by atoms with van der Waals surface area (Å²) in [5, 5.41) is 8.88. The Labute approximate surface area is 103 Å². The molecule has 0 radical (unpaired) electrons. The van der Waals surface area contributed by atoms with Gasteiger partial charge in [-0.05, 0) is 18.5 Å². The number of carboxylic acids is 1. The molecule has 0 fully saturated rings. The number of rotatable bonds is 8. The van der Waals surface area contributed by atoms with Gasteiger partial charge in [0.2, 0.25) is 0 Å². The van der Waals surface area contributed by atoms with Crippen LogP contribution in [-0.4, -0.2) is 29.1 Å². The number of nitrogens with zero attached hydrogens (tertiary/aromatic N) is 1. The van der Waals surface area contributed by atoms with Gasteiger partial charge in [0.05, 0.1) is 6.54 Å². The first-order valence-corrected chi connectivity index (χ1v) is 6.20. The van der Waals surface area contributed by atoms with Gasteiger partial charge in [-0.1, -0.05) is 50.1 Å². The smallest absolute Gasteiger partial charge is 0.317 e. The lowest BCUT2D eigenvalue weighted by Gasteiger charge is -2.20. The minimum atomic E-state index is -0.752. The molecule has 0 aliphatic rings. The van der Waals surface area contributed by atoms with Crippen molar-refractivity contribution < 1.29 is 9.90 Å². The molecule has 0 aliphatic carbocycles. The number of carbonyl (C=O) groups is 1. The van der Waals surface area contributed by atoms with Crippen molar-refractivity contribution in [3.05, 3.63) is 35.9 Å². The van der Waals surface area contributed by atoms with Gasteiger partial charge in [0.15, 0.2) is 0 Å². The molecule has 0 spiro atoms. The summed E-state index contributed by atoms with van der Waals surface area (Å²) < 4.78 is 0. The van der Waals surface area contributed by atoms with Gasteiger partial charge in [0.1, 0.15) is 0 Å². The zero-order chi connectivity index (χ0) is 12.5. The molecule has 1 rings (SSSR count). The number of hydrogen-bond donors (Lipinski definition) is 1. The van der Waals surface area contributed by atoms with Gasteiger partial charge in [-0.15, -0.1) is 0 Å². The molecular formula is C14H21NO2. The molecule has 0 aromatic heterocycles. The lowest BCUT2D eigenvalue weighted by molar-refractivity contribution is -0.138. The van der Waals surface area contributed by atoms with Crippen LogP contribution in [0.1, 0.15) is 31.7 Å². The second-order valence-electron chi connectivity index (χ2n) is 4.30. The molecule has 3 heteroatoms. The molecule has 0 bridgehead atoms. The standard InChI is InChI=1S/C14H21NO2/c1-2-3-7-10-15(12-14(16)17)11-13-8-5-4-6-9-13/h4-6,8-9H,2-3,7,10-12H2,1H3,(H,16,17). The Morgan fingerprint density at radius 3 is 2.53 bits per heavy atom. The van der Waals surface area contributed by atoms with Crippen molar-refractivity contribution in [1.29, 1.82) is 0 Å². The normalized spacial score (nSPS) is 10.7. The predicted octanol–water partition coefficient (Wildman–Crippen LogP) is 2.76. The highest BCUT2D eigenvalue weighted by Crippen LogP contribution is 2.06. The molecule has 0 atom stereocenters. The maximum atomic E-state index is 10.8. The van der Waals surface area contributed by atoms with E-state index >= 15 is 0 Å². The third-order valence-corrected chi connectivity index (χ3v) is 2.69. The summed E-state index contributed by atoms with van der Waals surface area (Å²) in [7, 11) is 0. The predicted molar refractivity (Wildman–Crippen MR) is 68.9 cm³/mol. The second-order valence-corrected chi connectivity index (χ2v) is 4.30. The Balaban J connectivity index is 2.48. The first-order valence-electron chi connectivity index (χ1n) is 6.20. The monoisotopic (exact) mass is 235 g/mol. The molecule has 1 aromatic rings. The van der Waals surface area contributed by atoms with Crippen LogP contribution >= 0.6 is 0 Å². The summed E-state index contributed by atoms with van der Waals surface area (Å²) in [6, 6.07) is 10.0. The average Bonchev–Trinajstić information content (AvgIpc) is 2.30. The van der Waals surface area contributed by atoms with E-state index in [4.69, 9.17) is 5.11 Å². The Morgan fingerprint density at radius 1 is 1.24 bits per heavy atom. The van der Waals surface area contributed by atoms with Crippen molar-refractivity contribution in [2.24, 2.45) is 0 Å². The molecule has 1 aromatic carbocycles. The van der Waals surface area contributed by atoms with Gasteiger partial charge in [-0.25, -0.2) is 0 Å². The largest absolute Gasteiger partial charge is 0.480 e. The molecule has 94 valence electrons. The Morgan fingerprint density at radius 2 is 1.94 bits per heavy atom. The van der Waals surface area contributed by atoms with Gasteiger partial charge in [0, 0.05) is 6.54 Å². The highest BCUT2D eigenvalue weighted by molar-refractivity contribution is 5.69. The molecule has 0 aliphatic heterocycles. The Kier molecular flexibility index (Phi) is 6.33. The minimum Gasteiger partial charge on any atom is -0.480 e. The van der Waals surface area contributed by atoms with Crippen LogP contribution < -0.4 is 0 Å². The van der Waals surface area contributed by atoms with E-state index in [1.807, 2.05) is 35.2 Å². The molecule has 3 nitrogen and oxygen atoms in total. The fourth-order valence-corrected chi connectivity index (χ4v) is 1.83. The lowest BCUT2D eigenvalue weighted by atomic mass is 10.2. The van der Waals surface area contributed by atoms with E-state index in [1.165, 1.54) is 5.56 Å². The van der Waals surface area contributed by atoms with Gasteiger partial charge in [0.25, 0.3) is 0 Å². The first kappa shape index (κ1) is 13.7. The zero-order valence-electron chi connectivity index (χ0n) is 10.4. The van der Waals surface area contributed by atoms with Crippen LogP contribution in [0.2, 0.25) is 0 Å². The summed E-state index contributed by atoms with van der Waals surface area (Å²) in [5.74, 6) is -0.752. The first-order chi connectivity index (χ1) is 8.22. The fourth-order valence-electron chi connectivity index (χ4n) is 1.83. The van der Waals surface area contributed by atoms with E-state index in [9.17, 15) is 4.79 Å². The summed E-state index contributed by atoms with van der Waals surface area (Å²) in [6.45, 7) is 3.85. The van der Waals surface area contributed by atoms with E-state index in [2.05, 4.69) is 6.92 Å². The van der Waals surface area contributed by atoms with Gasteiger partial charge < -0.3 is 5.11 Å². The number of hydrogen-bond acceptors (Lipinski definition) is 2. The minimum absolute atomic E-state index is 0.124. The summed E-state index contributed by atoms with van der Waals surface area (Å²) in [5.41, 5.74) is 1.17. The maximum Gasteiger partial charge on any atom is 0.317 e. The molecule has 1 N–H and O–H groups in total. The SMILES string of the molecule is CCCCCN(CC(=O)O)Cc1ccccc1. The molecule has 0 saturated carbocycles. The highest BCUT2D eigenvalue weighted by atomic mass is 16.4. The van der Waals surface area contributed by atoms with Crippen molar-refractivity contribution in [2.75, 3.05) is 13.1 Å².